The first-order valence-corrected chi connectivity index (χ1v) is 11.1. The van der Waals surface area contributed by atoms with Crippen molar-refractivity contribution in [3.8, 4) is 0 Å². The van der Waals surface area contributed by atoms with Crippen LogP contribution < -0.4 is 4.72 Å². The monoisotopic (exact) mass is 481 g/mol. The number of nitrogens with one attached hydrogen (secondary N) is 1. The maximum Gasteiger partial charge on any atom is 0.416 e. The summed E-state index contributed by atoms with van der Waals surface area (Å²) in [6.07, 6.45) is -2.45. The Morgan fingerprint density at radius 1 is 1.15 bits per heavy atom. The van der Waals surface area contributed by atoms with Gasteiger partial charge in [-0.05, 0) is 29.3 Å². The summed E-state index contributed by atoms with van der Waals surface area (Å²) in [4.78, 5) is 16.3. The van der Waals surface area contributed by atoms with E-state index in [0.717, 1.165) is 30.4 Å². The van der Waals surface area contributed by atoms with Crippen LogP contribution in [0.3, 0.4) is 0 Å². The molecule has 2 aromatic carbocycles. The van der Waals surface area contributed by atoms with Crippen LogP contribution in [-0.4, -0.2) is 37.4 Å². The number of hydrogen-bond donors (Lipinski definition) is 2. The minimum atomic E-state index is -4.61. The van der Waals surface area contributed by atoms with Gasteiger partial charge in [-0.1, -0.05) is 55.1 Å². The maximum absolute atomic E-state index is 12.9. The third-order valence-electron chi connectivity index (χ3n) is 4.27. The molecule has 176 valence electrons. The van der Waals surface area contributed by atoms with Gasteiger partial charge in [0.15, 0.2) is 0 Å². The number of benzene rings is 2. The number of amides is 1. The molecule has 1 amide bonds. The topological polar surface area (TPSA) is 99.1 Å². The molecule has 0 unspecified atom stereocenters. The molecule has 2 N–H and O–H groups in total. The van der Waals surface area contributed by atoms with E-state index < -0.39 is 33.4 Å². The molecule has 0 spiro atoms. The van der Waals surface area contributed by atoms with E-state index in [0.29, 0.717) is 10.6 Å². The summed E-state index contributed by atoms with van der Waals surface area (Å²) in [7, 11) is -2.88. The minimum Gasteiger partial charge on any atom is -0.285 e. The van der Waals surface area contributed by atoms with Crippen LogP contribution in [0.2, 0.25) is 0 Å². The second-order valence-electron chi connectivity index (χ2n) is 6.82. The fourth-order valence-corrected chi connectivity index (χ4v) is 3.92. The molecule has 33 heavy (non-hydrogen) atoms. The lowest BCUT2D eigenvalue weighted by Crippen LogP contribution is -2.33. The molecule has 0 saturated carbocycles. The van der Waals surface area contributed by atoms with Gasteiger partial charge in [0, 0.05) is 7.05 Å². The summed E-state index contributed by atoms with van der Waals surface area (Å²) >= 11 is 0. The van der Waals surface area contributed by atoms with E-state index in [4.69, 9.17) is 0 Å². The Morgan fingerprint density at radius 2 is 1.79 bits per heavy atom. The zero-order chi connectivity index (χ0) is 24.6. The molecular formula is C22H22F3N3O4S. The van der Waals surface area contributed by atoms with Crippen LogP contribution in [0.4, 0.5) is 13.2 Å². The molecule has 2 aromatic rings. The van der Waals surface area contributed by atoms with Crippen molar-refractivity contribution in [2.24, 2.45) is 4.99 Å². The fourth-order valence-electron chi connectivity index (χ4n) is 2.73. The number of alkyl halides is 3. The van der Waals surface area contributed by atoms with Crippen molar-refractivity contribution < 1.29 is 31.6 Å². The summed E-state index contributed by atoms with van der Waals surface area (Å²) in [6, 6.07) is 12.6. The van der Waals surface area contributed by atoms with Gasteiger partial charge in [-0.2, -0.15) is 13.2 Å². The zero-order valence-electron chi connectivity index (χ0n) is 17.6. The highest BCUT2D eigenvalue weighted by molar-refractivity contribution is 7.88. The van der Waals surface area contributed by atoms with Gasteiger partial charge >= 0.3 is 6.18 Å². The van der Waals surface area contributed by atoms with Gasteiger partial charge in [-0.25, -0.2) is 13.5 Å². The smallest absolute Gasteiger partial charge is 0.285 e. The third kappa shape index (κ3) is 7.88. The van der Waals surface area contributed by atoms with Crippen molar-refractivity contribution in [3.63, 3.8) is 0 Å². The molecule has 0 aliphatic rings. The normalized spacial score (nSPS) is 12.9. The van der Waals surface area contributed by atoms with Crippen molar-refractivity contribution in [1.82, 2.24) is 9.79 Å². The van der Waals surface area contributed by atoms with E-state index in [1.165, 1.54) is 13.1 Å². The van der Waals surface area contributed by atoms with E-state index in [1.807, 2.05) is 0 Å². The highest BCUT2D eigenvalue weighted by Gasteiger charge is 2.30. The molecule has 0 atom stereocenters. The van der Waals surface area contributed by atoms with Crippen LogP contribution in [0.25, 0.3) is 0 Å². The first kappa shape index (κ1) is 25.8. The van der Waals surface area contributed by atoms with Crippen molar-refractivity contribution in [2.75, 3.05) is 7.05 Å². The Labute approximate surface area is 189 Å². The Balaban J connectivity index is 2.16. The number of nitrogens with zero attached hydrogens (tertiary/aromatic N) is 2. The standard InChI is InChI=1S/C22H22F3N3O4S/c1-3-19(13-20(26-2)21(29)28(30)14-16-8-5-4-6-9-16)27-33(31,32)15-17-10-7-11-18(12-17)22(23,24)25/h3-13,27,30H,1,14-15H2,2H3. The molecule has 0 bridgehead atoms. The lowest BCUT2D eigenvalue weighted by atomic mass is 10.1. The maximum atomic E-state index is 12.9. The number of carbonyl (C=O) groups excluding carboxylic acids is 1. The van der Waals surface area contributed by atoms with Crippen molar-refractivity contribution in [2.45, 2.75) is 18.5 Å². The fraction of sp³-hybridized carbons (Fsp3) is 0.182. The molecule has 0 aromatic heterocycles. The van der Waals surface area contributed by atoms with Crippen molar-refractivity contribution in [3.05, 3.63) is 95.7 Å². The van der Waals surface area contributed by atoms with E-state index in [2.05, 4.69) is 16.3 Å². The van der Waals surface area contributed by atoms with Crippen LogP contribution in [-0.2, 0) is 33.3 Å². The molecule has 0 aliphatic heterocycles. The van der Waals surface area contributed by atoms with Gasteiger partial charge in [0.05, 0.1) is 23.6 Å². The molecule has 7 nitrogen and oxygen atoms in total. The van der Waals surface area contributed by atoms with Gasteiger partial charge in [0.25, 0.3) is 5.91 Å². The average Bonchev–Trinajstić information content (AvgIpc) is 2.76. The lowest BCUT2D eigenvalue weighted by molar-refractivity contribution is -0.159. The average molecular weight is 481 g/mol. The number of hydrogen-bond acceptors (Lipinski definition) is 5. The largest absolute Gasteiger partial charge is 0.416 e. The first-order chi connectivity index (χ1) is 15.4. The van der Waals surface area contributed by atoms with Crippen LogP contribution >= 0.6 is 0 Å². The number of aliphatic imine (C=N–C) groups is 1. The second-order valence-corrected chi connectivity index (χ2v) is 8.54. The predicted octanol–water partition coefficient (Wildman–Crippen LogP) is 3.68. The molecule has 2 rings (SSSR count). The molecule has 0 heterocycles. The third-order valence-corrected chi connectivity index (χ3v) is 5.53. The Kier molecular flexibility index (Phi) is 8.55. The highest BCUT2D eigenvalue weighted by Crippen LogP contribution is 2.29. The van der Waals surface area contributed by atoms with Crippen molar-refractivity contribution >= 4 is 21.6 Å². The Hall–Kier alpha value is -3.44. The summed E-state index contributed by atoms with van der Waals surface area (Å²) < 4.78 is 65.7. The van der Waals surface area contributed by atoms with E-state index in [9.17, 15) is 31.6 Å². The zero-order valence-corrected chi connectivity index (χ0v) is 18.4. The Bertz CT molecular complexity index is 1160. The number of hydroxylamine groups is 2. The lowest BCUT2D eigenvalue weighted by Gasteiger charge is -2.16. The molecule has 0 radical (unpaired) electrons. The second kappa shape index (κ2) is 10.9. The van der Waals surface area contributed by atoms with Gasteiger partial charge in [-0.15, -0.1) is 0 Å². The number of carbonyl (C=O) groups is 1. The molecular weight excluding hydrogens is 459 g/mol. The van der Waals surface area contributed by atoms with Gasteiger partial charge < -0.3 is 0 Å². The van der Waals surface area contributed by atoms with Crippen LogP contribution in [0, 0.1) is 0 Å². The van der Waals surface area contributed by atoms with E-state index in [1.54, 1.807) is 30.3 Å². The van der Waals surface area contributed by atoms with Crippen LogP contribution in [0.5, 0.6) is 0 Å². The van der Waals surface area contributed by atoms with Crippen LogP contribution in [0.15, 0.2) is 84.0 Å². The number of rotatable bonds is 9. The van der Waals surface area contributed by atoms with E-state index in [-0.39, 0.29) is 23.5 Å². The predicted molar refractivity (Wildman–Crippen MR) is 118 cm³/mol. The molecule has 0 saturated heterocycles. The van der Waals surface area contributed by atoms with Gasteiger partial charge in [-0.3, -0.25) is 19.7 Å². The number of sulfonamides is 1. The SMILES string of the molecule is C=CC(=CC(=NC)C(=O)N(O)Cc1ccccc1)NS(=O)(=O)Cc1cccc(C(F)(F)F)c1. The summed E-state index contributed by atoms with van der Waals surface area (Å²) in [5.41, 5.74) is -0.819. The van der Waals surface area contributed by atoms with Crippen LogP contribution in [0.1, 0.15) is 16.7 Å². The molecule has 0 fully saturated rings. The molecule has 0 aliphatic carbocycles. The number of halogens is 3. The number of allylic oxidation sites excluding steroid dienone is 1. The van der Waals surface area contributed by atoms with Gasteiger partial charge in [0.2, 0.25) is 10.0 Å². The summed E-state index contributed by atoms with van der Waals surface area (Å²) in [5, 5.41) is 10.5. The Morgan fingerprint density at radius 3 is 2.36 bits per heavy atom. The quantitative estimate of drug-likeness (QED) is 0.247. The van der Waals surface area contributed by atoms with Gasteiger partial charge in [0.1, 0.15) is 5.71 Å². The first-order valence-electron chi connectivity index (χ1n) is 9.47. The summed E-state index contributed by atoms with van der Waals surface area (Å²) in [5.74, 6) is -1.63. The molecule has 11 heteroatoms. The van der Waals surface area contributed by atoms with Crippen molar-refractivity contribution in [1.29, 1.82) is 0 Å². The highest BCUT2D eigenvalue weighted by atomic mass is 32.2. The summed E-state index contributed by atoms with van der Waals surface area (Å²) in [6.45, 7) is 3.34. The van der Waals surface area contributed by atoms with E-state index >= 15 is 0 Å². The minimum absolute atomic E-state index is 0.0782.